The number of amides is 1. The topological polar surface area (TPSA) is 32.8 Å². The zero-order valence-electron chi connectivity index (χ0n) is 13.9. The maximum absolute atomic E-state index is 13.8. The molecule has 2 aliphatic heterocycles. The monoisotopic (exact) mass is 320 g/mol. The molecule has 1 aromatic carbocycles. The average Bonchev–Trinajstić information content (AvgIpc) is 3.15. The molecule has 2 unspecified atom stereocenters. The SMILES string of the molecule is COc1ccc(CC(=O)N2CCCC2C2CCCN2C)cc1F. The summed E-state index contributed by atoms with van der Waals surface area (Å²) >= 11 is 0. The molecule has 23 heavy (non-hydrogen) atoms. The Hall–Kier alpha value is -1.62. The zero-order chi connectivity index (χ0) is 16.4. The van der Waals surface area contributed by atoms with Crippen molar-refractivity contribution < 1.29 is 13.9 Å². The van der Waals surface area contributed by atoms with Crippen molar-refractivity contribution in [3.8, 4) is 5.75 Å². The van der Waals surface area contributed by atoms with Gasteiger partial charge in [0.1, 0.15) is 0 Å². The van der Waals surface area contributed by atoms with Crippen LogP contribution in [-0.4, -0.2) is 55.0 Å². The first-order valence-electron chi connectivity index (χ1n) is 8.42. The van der Waals surface area contributed by atoms with Crippen LogP contribution >= 0.6 is 0 Å². The third-order valence-corrected chi connectivity index (χ3v) is 5.21. The second-order valence-electron chi connectivity index (χ2n) is 6.63. The number of carbonyl (C=O) groups is 1. The van der Waals surface area contributed by atoms with E-state index in [1.54, 1.807) is 12.1 Å². The number of methoxy groups -OCH3 is 1. The van der Waals surface area contributed by atoms with Crippen molar-refractivity contribution in [2.75, 3.05) is 27.2 Å². The van der Waals surface area contributed by atoms with E-state index < -0.39 is 5.82 Å². The zero-order valence-corrected chi connectivity index (χ0v) is 13.9. The summed E-state index contributed by atoms with van der Waals surface area (Å²) in [6, 6.07) is 5.56. The van der Waals surface area contributed by atoms with Crippen molar-refractivity contribution >= 4 is 5.91 Å². The lowest BCUT2D eigenvalue weighted by Gasteiger charge is -2.33. The van der Waals surface area contributed by atoms with Gasteiger partial charge >= 0.3 is 0 Å². The first kappa shape index (κ1) is 16.2. The number of likely N-dealkylation sites (N-methyl/N-ethyl adjacent to an activating group) is 1. The molecule has 0 radical (unpaired) electrons. The second-order valence-corrected chi connectivity index (χ2v) is 6.63. The predicted octanol–water partition coefficient (Wildman–Crippen LogP) is 2.46. The van der Waals surface area contributed by atoms with Crippen molar-refractivity contribution in [3.05, 3.63) is 29.6 Å². The van der Waals surface area contributed by atoms with Gasteiger partial charge in [-0.15, -0.1) is 0 Å². The number of rotatable bonds is 4. The van der Waals surface area contributed by atoms with E-state index in [4.69, 9.17) is 4.74 Å². The Morgan fingerprint density at radius 3 is 2.65 bits per heavy atom. The molecule has 2 heterocycles. The molecule has 0 saturated carbocycles. The highest BCUT2D eigenvalue weighted by molar-refractivity contribution is 5.79. The van der Waals surface area contributed by atoms with Crippen LogP contribution in [0.1, 0.15) is 31.2 Å². The summed E-state index contributed by atoms with van der Waals surface area (Å²) < 4.78 is 18.7. The molecular formula is C18H25FN2O2. The lowest BCUT2D eigenvalue weighted by molar-refractivity contribution is -0.132. The third kappa shape index (κ3) is 3.34. The summed E-state index contributed by atoms with van der Waals surface area (Å²) in [5.41, 5.74) is 0.707. The lowest BCUT2D eigenvalue weighted by Crippen LogP contribution is -2.47. The van der Waals surface area contributed by atoms with E-state index in [0.29, 0.717) is 17.6 Å². The standard InChI is InChI=1S/C18H25FN2O2/c1-20-9-3-5-15(20)16-6-4-10-21(16)18(22)12-13-7-8-17(23-2)14(19)11-13/h7-8,11,15-16H,3-6,9-10,12H2,1-2H3. The van der Waals surface area contributed by atoms with Gasteiger partial charge in [0.15, 0.2) is 11.6 Å². The second kappa shape index (κ2) is 6.87. The van der Waals surface area contributed by atoms with E-state index in [-0.39, 0.29) is 18.1 Å². The Morgan fingerprint density at radius 1 is 1.26 bits per heavy atom. The molecule has 2 fully saturated rings. The Bertz CT molecular complexity index is 578. The smallest absolute Gasteiger partial charge is 0.227 e. The molecule has 0 aliphatic carbocycles. The molecule has 0 N–H and O–H groups in total. The molecule has 1 aromatic rings. The summed E-state index contributed by atoms with van der Waals surface area (Å²) in [6.45, 7) is 1.94. The van der Waals surface area contributed by atoms with Gasteiger partial charge in [0.05, 0.1) is 13.5 Å². The van der Waals surface area contributed by atoms with E-state index >= 15 is 0 Å². The van der Waals surface area contributed by atoms with Crippen molar-refractivity contribution in [2.45, 2.75) is 44.2 Å². The Morgan fingerprint density at radius 2 is 2.00 bits per heavy atom. The molecule has 4 nitrogen and oxygen atoms in total. The van der Waals surface area contributed by atoms with E-state index in [1.165, 1.54) is 26.0 Å². The van der Waals surface area contributed by atoms with Gasteiger partial charge in [-0.05, 0) is 57.0 Å². The molecule has 1 amide bonds. The fourth-order valence-electron chi connectivity index (χ4n) is 4.02. The van der Waals surface area contributed by atoms with Crippen LogP contribution in [-0.2, 0) is 11.2 Å². The summed E-state index contributed by atoms with van der Waals surface area (Å²) in [6.07, 6.45) is 4.79. The van der Waals surface area contributed by atoms with Crippen LogP contribution in [0.2, 0.25) is 0 Å². The first-order chi connectivity index (χ1) is 11.1. The molecule has 0 aromatic heterocycles. The highest BCUT2D eigenvalue weighted by Crippen LogP contribution is 2.29. The Kier molecular flexibility index (Phi) is 4.85. The van der Waals surface area contributed by atoms with Crippen molar-refractivity contribution in [3.63, 3.8) is 0 Å². The minimum atomic E-state index is -0.411. The minimum absolute atomic E-state index is 0.109. The fraction of sp³-hybridized carbons (Fsp3) is 0.611. The molecular weight excluding hydrogens is 295 g/mol. The van der Waals surface area contributed by atoms with Gasteiger partial charge in [0.25, 0.3) is 0 Å². The van der Waals surface area contributed by atoms with Crippen LogP contribution < -0.4 is 4.74 Å². The molecule has 126 valence electrons. The normalized spacial score (nSPS) is 25.1. The predicted molar refractivity (Wildman–Crippen MR) is 87.0 cm³/mol. The molecule has 2 atom stereocenters. The van der Waals surface area contributed by atoms with Gasteiger partial charge in [0, 0.05) is 18.6 Å². The van der Waals surface area contributed by atoms with E-state index in [9.17, 15) is 9.18 Å². The van der Waals surface area contributed by atoms with Gasteiger partial charge in [-0.1, -0.05) is 6.07 Å². The maximum atomic E-state index is 13.8. The van der Waals surface area contributed by atoms with Crippen LogP contribution in [0, 0.1) is 5.82 Å². The van der Waals surface area contributed by atoms with Crippen LogP contribution in [0.15, 0.2) is 18.2 Å². The average molecular weight is 320 g/mol. The first-order valence-corrected chi connectivity index (χ1v) is 8.42. The van der Waals surface area contributed by atoms with Gasteiger partial charge in [-0.3, -0.25) is 4.79 Å². The molecule has 3 rings (SSSR count). The number of ether oxygens (including phenoxy) is 1. The fourth-order valence-corrected chi connectivity index (χ4v) is 4.02. The number of nitrogens with zero attached hydrogens (tertiary/aromatic N) is 2. The number of carbonyl (C=O) groups excluding carboxylic acids is 1. The van der Waals surface area contributed by atoms with Crippen LogP contribution in [0.3, 0.4) is 0 Å². The largest absolute Gasteiger partial charge is 0.494 e. The van der Waals surface area contributed by atoms with Gasteiger partial charge in [-0.25, -0.2) is 4.39 Å². The summed E-state index contributed by atoms with van der Waals surface area (Å²) in [7, 11) is 3.59. The molecule has 0 spiro atoms. The van der Waals surface area contributed by atoms with E-state index in [1.807, 2.05) is 4.90 Å². The summed E-state index contributed by atoms with van der Waals surface area (Å²) in [5.74, 6) is -0.0866. The van der Waals surface area contributed by atoms with E-state index in [2.05, 4.69) is 11.9 Å². The maximum Gasteiger partial charge on any atom is 0.227 e. The molecule has 2 aliphatic rings. The number of hydrogen-bond acceptors (Lipinski definition) is 3. The lowest BCUT2D eigenvalue weighted by atomic mass is 10.0. The van der Waals surface area contributed by atoms with Crippen LogP contribution in [0.4, 0.5) is 4.39 Å². The van der Waals surface area contributed by atoms with Crippen molar-refractivity contribution in [2.24, 2.45) is 0 Å². The number of likely N-dealkylation sites (tertiary alicyclic amines) is 2. The molecule has 0 bridgehead atoms. The Labute approximate surface area is 137 Å². The third-order valence-electron chi connectivity index (χ3n) is 5.21. The van der Waals surface area contributed by atoms with Crippen LogP contribution in [0.25, 0.3) is 0 Å². The van der Waals surface area contributed by atoms with Crippen molar-refractivity contribution in [1.29, 1.82) is 0 Å². The van der Waals surface area contributed by atoms with E-state index in [0.717, 1.165) is 25.9 Å². The summed E-state index contributed by atoms with van der Waals surface area (Å²) in [4.78, 5) is 17.1. The summed E-state index contributed by atoms with van der Waals surface area (Å²) in [5, 5.41) is 0. The quantitative estimate of drug-likeness (QED) is 0.854. The molecule has 5 heteroatoms. The number of benzene rings is 1. The van der Waals surface area contributed by atoms with Crippen molar-refractivity contribution in [1.82, 2.24) is 9.80 Å². The number of halogens is 1. The van der Waals surface area contributed by atoms with Gasteiger partial charge in [-0.2, -0.15) is 0 Å². The Balaban J connectivity index is 1.68. The highest BCUT2D eigenvalue weighted by atomic mass is 19.1. The van der Waals surface area contributed by atoms with Gasteiger partial charge in [0.2, 0.25) is 5.91 Å². The highest BCUT2D eigenvalue weighted by Gasteiger charge is 2.38. The van der Waals surface area contributed by atoms with Gasteiger partial charge < -0.3 is 14.5 Å². The molecule has 2 saturated heterocycles. The number of hydrogen-bond donors (Lipinski definition) is 0. The van der Waals surface area contributed by atoms with Crippen LogP contribution in [0.5, 0.6) is 5.75 Å². The minimum Gasteiger partial charge on any atom is -0.494 e.